The number of carboxylic acid groups (broad SMARTS) is 1. The summed E-state index contributed by atoms with van der Waals surface area (Å²) < 4.78 is 9.79. The van der Waals surface area contributed by atoms with Gasteiger partial charge < -0.3 is 19.9 Å². The van der Waals surface area contributed by atoms with Gasteiger partial charge in [-0.15, -0.1) is 0 Å². The summed E-state index contributed by atoms with van der Waals surface area (Å²) in [6, 6.07) is 10.7. The van der Waals surface area contributed by atoms with Gasteiger partial charge in [-0.2, -0.15) is 0 Å². The third-order valence-electron chi connectivity index (χ3n) is 3.81. The van der Waals surface area contributed by atoms with Crippen LogP contribution in [0.2, 0.25) is 0 Å². The highest BCUT2D eigenvalue weighted by atomic mass is 16.6. The second-order valence-corrected chi connectivity index (χ2v) is 7.32. The van der Waals surface area contributed by atoms with Gasteiger partial charge in [-0.25, -0.2) is 14.4 Å². The third-order valence-corrected chi connectivity index (χ3v) is 3.81. The number of pyridine rings is 1. The first-order valence-corrected chi connectivity index (χ1v) is 8.96. The van der Waals surface area contributed by atoms with Crippen molar-refractivity contribution >= 4 is 18.0 Å². The van der Waals surface area contributed by atoms with Gasteiger partial charge in [-0.05, 0) is 45.0 Å². The van der Waals surface area contributed by atoms with E-state index in [9.17, 15) is 19.5 Å². The van der Waals surface area contributed by atoms with Crippen LogP contribution in [0.15, 0.2) is 42.5 Å². The molecule has 1 aromatic carbocycles. The zero-order chi connectivity index (χ0) is 21.6. The van der Waals surface area contributed by atoms with Crippen LogP contribution in [-0.2, 0) is 20.7 Å². The number of nitrogens with one attached hydrogen (secondary N) is 1. The number of esters is 1. The molecule has 0 saturated carbocycles. The average Bonchev–Trinajstić information content (AvgIpc) is 2.65. The molecule has 2 rings (SSSR count). The molecule has 1 atom stereocenters. The van der Waals surface area contributed by atoms with E-state index in [0.717, 1.165) is 5.56 Å². The van der Waals surface area contributed by atoms with Crippen molar-refractivity contribution in [3.63, 3.8) is 0 Å². The number of rotatable bonds is 6. The summed E-state index contributed by atoms with van der Waals surface area (Å²) in [5.41, 5.74) is 1.54. The van der Waals surface area contributed by atoms with E-state index >= 15 is 0 Å². The molecule has 0 bridgehead atoms. The number of carbonyl (C=O) groups excluding carboxylic acids is 2. The number of benzene rings is 1. The smallest absolute Gasteiger partial charge is 0.408 e. The van der Waals surface area contributed by atoms with Crippen LogP contribution in [0.4, 0.5) is 4.79 Å². The van der Waals surface area contributed by atoms with Crippen molar-refractivity contribution in [2.75, 3.05) is 7.11 Å². The lowest BCUT2D eigenvalue weighted by molar-refractivity contribution is -0.139. The number of methoxy groups -OCH3 is 1. The Morgan fingerprint density at radius 1 is 1.10 bits per heavy atom. The first-order chi connectivity index (χ1) is 13.6. The Bertz CT molecular complexity index is 887. The van der Waals surface area contributed by atoms with Crippen LogP contribution in [0, 0.1) is 0 Å². The molecule has 2 N–H and O–H groups in total. The van der Waals surface area contributed by atoms with E-state index in [1.807, 2.05) is 0 Å². The highest BCUT2D eigenvalue weighted by molar-refractivity contribution is 5.89. The van der Waals surface area contributed by atoms with Crippen LogP contribution in [-0.4, -0.2) is 46.9 Å². The van der Waals surface area contributed by atoms with Gasteiger partial charge >= 0.3 is 18.0 Å². The van der Waals surface area contributed by atoms with Crippen LogP contribution < -0.4 is 5.32 Å². The highest BCUT2D eigenvalue weighted by Crippen LogP contribution is 2.19. The minimum atomic E-state index is -1.19. The summed E-state index contributed by atoms with van der Waals surface area (Å²) in [4.78, 5) is 39.5. The van der Waals surface area contributed by atoms with Gasteiger partial charge in [0.25, 0.3) is 0 Å². The third kappa shape index (κ3) is 6.60. The minimum absolute atomic E-state index is 0.0112. The predicted octanol–water partition coefficient (Wildman–Crippen LogP) is 3.06. The Balaban J connectivity index is 2.15. The normalized spacial score (nSPS) is 12.0. The quantitative estimate of drug-likeness (QED) is 0.716. The molecule has 1 amide bonds. The molecular weight excluding hydrogens is 376 g/mol. The number of hydrogen-bond donors (Lipinski definition) is 2. The predicted molar refractivity (Wildman–Crippen MR) is 106 cm³/mol. The zero-order valence-corrected chi connectivity index (χ0v) is 16.8. The fraction of sp³-hybridized carbons (Fsp3) is 0.333. The molecule has 0 saturated heterocycles. The van der Waals surface area contributed by atoms with Crippen LogP contribution in [0.3, 0.4) is 0 Å². The largest absolute Gasteiger partial charge is 0.480 e. The SMILES string of the molecule is COC(=O)c1ccc(-c2cccc(CC(NC(=O)OC(C)(C)C)C(=O)O)n2)cc1. The molecule has 1 aromatic heterocycles. The molecule has 0 aliphatic carbocycles. The molecule has 154 valence electrons. The van der Waals surface area contributed by atoms with Gasteiger partial charge in [-0.1, -0.05) is 18.2 Å². The van der Waals surface area contributed by atoms with Gasteiger partial charge in [-0.3, -0.25) is 4.98 Å². The monoisotopic (exact) mass is 400 g/mol. The van der Waals surface area contributed by atoms with Crippen molar-refractivity contribution in [3.05, 3.63) is 53.7 Å². The van der Waals surface area contributed by atoms with Gasteiger partial charge in [0.15, 0.2) is 0 Å². The second-order valence-electron chi connectivity index (χ2n) is 7.32. The minimum Gasteiger partial charge on any atom is -0.480 e. The standard InChI is InChI=1S/C21H24N2O6/c1-21(2,3)29-20(27)23-17(18(24)25)12-15-6-5-7-16(22-15)13-8-10-14(11-9-13)19(26)28-4/h5-11,17H,12H2,1-4H3,(H,23,27)(H,24,25). The number of alkyl carbamates (subject to hydrolysis) is 1. The Morgan fingerprint density at radius 3 is 2.31 bits per heavy atom. The van der Waals surface area contributed by atoms with E-state index < -0.39 is 29.7 Å². The van der Waals surface area contributed by atoms with Crippen LogP contribution in [0.5, 0.6) is 0 Å². The van der Waals surface area contributed by atoms with Crippen LogP contribution in [0.1, 0.15) is 36.8 Å². The van der Waals surface area contributed by atoms with Crippen LogP contribution in [0.25, 0.3) is 11.3 Å². The number of hydrogen-bond acceptors (Lipinski definition) is 6. The van der Waals surface area contributed by atoms with Crippen molar-refractivity contribution in [3.8, 4) is 11.3 Å². The van der Waals surface area contributed by atoms with E-state index in [-0.39, 0.29) is 6.42 Å². The maximum atomic E-state index is 11.9. The van der Waals surface area contributed by atoms with Crippen LogP contribution >= 0.6 is 0 Å². The van der Waals surface area contributed by atoms with E-state index in [4.69, 9.17) is 4.74 Å². The molecule has 1 heterocycles. The Kier molecular flexibility index (Phi) is 6.93. The fourth-order valence-electron chi connectivity index (χ4n) is 2.51. The molecule has 8 nitrogen and oxygen atoms in total. The lowest BCUT2D eigenvalue weighted by Gasteiger charge is -2.22. The van der Waals surface area contributed by atoms with Crippen molar-refractivity contribution in [2.45, 2.75) is 38.8 Å². The van der Waals surface area contributed by atoms with Crippen molar-refractivity contribution < 1.29 is 29.0 Å². The number of carbonyl (C=O) groups is 3. The molecule has 29 heavy (non-hydrogen) atoms. The van der Waals surface area contributed by atoms with Crippen molar-refractivity contribution in [2.24, 2.45) is 0 Å². The molecule has 8 heteroatoms. The number of amides is 1. The molecule has 0 radical (unpaired) electrons. The molecule has 2 aromatic rings. The zero-order valence-electron chi connectivity index (χ0n) is 16.8. The Labute approximate surface area is 168 Å². The molecular formula is C21H24N2O6. The summed E-state index contributed by atoms with van der Waals surface area (Å²) in [6.07, 6.45) is -0.817. The number of aliphatic carboxylic acids is 1. The van der Waals surface area contributed by atoms with E-state index in [1.54, 1.807) is 63.2 Å². The van der Waals surface area contributed by atoms with Gasteiger partial charge in [0.2, 0.25) is 0 Å². The van der Waals surface area contributed by atoms with Crippen molar-refractivity contribution in [1.29, 1.82) is 0 Å². The van der Waals surface area contributed by atoms with Gasteiger partial charge in [0, 0.05) is 17.7 Å². The number of aromatic nitrogens is 1. The summed E-state index contributed by atoms with van der Waals surface area (Å²) in [5, 5.41) is 11.8. The topological polar surface area (TPSA) is 115 Å². The summed E-state index contributed by atoms with van der Waals surface area (Å²) in [6.45, 7) is 5.08. The van der Waals surface area contributed by atoms with E-state index in [1.165, 1.54) is 7.11 Å². The van der Waals surface area contributed by atoms with Crippen molar-refractivity contribution in [1.82, 2.24) is 10.3 Å². The number of nitrogens with zero attached hydrogens (tertiary/aromatic N) is 1. The first kappa shape index (κ1) is 21.9. The van der Waals surface area contributed by atoms with Gasteiger partial charge in [0.1, 0.15) is 11.6 Å². The average molecular weight is 400 g/mol. The van der Waals surface area contributed by atoms with E-state index in [0.29, 0.717) is 17.0 Å². The number of ether oxygens (including phenoxy) is 2. The lowest BCUT2D eigenvalue weighted by atomic mass is 10.1. The summed E-state index contributed by atoms with van der Waals surface area (Å²) in [7, 11) is 1.31. The summed E-state index contributed by atoms with van der Waals surface area (Å²) in [5.74, 6) is -1.62. The highest BCUT2D eigenvalue weighted by Gasteiger charge is 2.24. The maximum Gasteiger partial charge on any atom is 0.408 e. The fourth-order valence-corrected chi connectivity index (χ4v) is 2.51. The lowest BCUT2D eigenvalue weighted by Crippen LogP contribution is -2.44. The van der Waals surface area contributed by atoms with E-state index in [2.05, 4.69) is 15.0 Å². The molecule has 0 aliphatic heterocycles. The molecule has 0 spiro atoms. The molecule has 1 unspecified atom stereocenters. The first-order valence-electron chi connectivity index (χ1n) is 8.96. The number of carboxylic acids is 1. The molecule has 0 fully saturated rings. The Hall–Kier alpha value is -3.42. The summed E-state index contributed by atoms with van der Waals surface area (Å²) >= 11 is 0. The Morgan fingerprint density at radius 2 is 1.76 bits per heavy atom. The van der Waals surface area contributed by atoms with Gasteiger partial charge in [0.05, 0.1) is 18.4 Å². The maximum absolute atomic E-state index is 11.9. The molecule has 0 aliphatic rings. The second kappa shape index (κ2) is 9.18.